The monoisotopic (exact) mass is 445 g/mol. The maximum atomic E-state index is 12.4. The van der Waals surface area contributed by atoms with Gasteiger partial charge in [0.2, 0.25) is 5.91 Å². The number of nitrogens with one attached hydrogen (secondary N) is 2. The largest absolute Gasteiger partial charge is 0.486 e. The summed E-state index contributed by atoms with van der Waals surface area (Å²) in [5, 5.41) is 8.36. The van der Waals surface area contributed by atoms with E-state index in [1.807, 2.05) is 0 Å². The van der Waals surface area contributed by atoms with Gasteiger partial charge in [0.15, 0.2) is 26.5 Å². The highest BCUT2D eigenvalue weighted by atomic mass is 32.2. The van der Waals surface area contributed by atoms with Crippen molar-refractivity contribution in [2.24, 2.45) is 0 Å². The zero-order valence-electron chi connectivity index (χ0n) is 16.0. The van der Waals surface area contributed by atoms with Crippen molar-refractivity contribution in [3.63, 3.8) is 0 Å². The average molecular weight is 446 g/mol. The van der Waals surface area contributed by atoms with Gasteiger partial charge in [-0.25, -0.2) is 13.4 Å². The third-order valence-electron chi connectivity index (χ3n) is 4.25. The van der Waals surface area contributed by atoms with Gasteiger partial charge in [-0.3, -0.25) is 4.79 Å². The number of carbonyl (C=O) groups excluding carboxylic acids is 1. The van der Waals surface area contributed by atoms with Crippen LogP contribution in [-0.2, 0) is 21.1 Å². The Morgan fingerprint density at radius 1 is 1.07 bits per heavy atom. The van der Waals surface area contributed by atoms with Crippen LogP contribution in [0.2, 0.25) is 0 Å². The molecule has 1 amide bonds. The molecule has 1 aliphatic rings. The Bertz CT molecular complexity index is 1170. The molecule has 0 saturated carbocycles. The smallest absolute Gasteiger partial charge is 0.230 e. The van der Waals surface area contributed by atoms with Crippen molar-refractivity contribution in [3.8, 4) is 11.5 Å². The van der Waals surface area contributed by atoms with Gasteiger partial charge in [-0.2, -0.15) is 0 Å². The number of hydrogen-bond acceptors (Lipinski definition) is 8. The van der Waals surface area contributed by atoms with E-state index in [1.165, 1.54) is 29.7 Å². The van der Waals surface area contributed by atoms with Crippen molar-refractivity contribution in [2.45, 2.75) is 11.3 Å². The zero-order chi connectivity index (χ0) is 21.1. The molecule has 4 rings (SSSR count). The minimum atomic E-state index is -3.23. The summed E-state index contributed by atoms with van der Waals surface area (Å²) in [7, 11) is -3.23. The second kappa shape index (κ2) is 8.33. The molecule has 0 aliphatic carbocycles. The Morgan fingerprint density at radius 3 is 2.50 bits per heavy atom. The van der Waals surface area contributed by atoms with Crippen molar-refractivity contribution >= 4 is 43.6 Å². The lowest BCUT2D eigenvalue weighted by Gasteiger charge is -2.18. The first kappa shape index (κ1) is 20.2. The lowest BCUT2D eigenvalue weighted by atomic mass is 10.2. The third-order valence-corrected chi connectivity index (χ3v) is 6.19. The number of benzene rings is 2. The van der Waals surface area contributed by atoms with Crippen LogP contribution in [0.25, 0.3) is 0 Å². The van der Waals surface area contributed by atoms with Gasteiger partial charge in [0.05, 0.1) is 17.0 Å². The van der Waals surface area contributed by atoms with E-state index >= 15 is 0 Å². The van der Waals surface area contributed by atoms with E-state index in [9.17, 15) is 13.2 Å². The van der Waals surface area contributed by atoms with Crippen molar-refractivity contribution in [1.82, 2.24) is 4.98 Å². The molecule has 2 N–H and O–H groups in total. The molecule has 3 aromatic rings. The first-order chi connectivity index (χ1) is 14.4. The summed E-state index contributed by atoms with van der Waals surface area (Å²) < 4.78 is 34.0. The van der Waals surface area contributed by atoms with Crippen LogP contribution in [0.5, 0.6) is 11.5 Å². The van der Waals surface area contributed by atoms with E-state index < -0.39 is 9.84 Å². The summed E-state index contributed by atoms with van der Waals surface area (Å²) >= 11 is 1.36. The molecule has 1 aliphatic heterocycles. The highest BCUT2D eigenvalue weighted by Gasteiger charge is 2.14. The average Bonchev–Trinajstić information content (AvgIpc) is 3.14. The summed E-state index contributed by atoms with van der Waals surface area (Å²) in [6, 6.07) is 11.7. The van der Waals surface area contributed by atoms with Gasteiger partial charge in [-0.15, -0.1) is 11.3 Å². The SMILES string of the molecule is CS(=O)(=O)c1ccc(Nc2nc(CC(=O)Nc3ccc4c(c3)OCCO4)cs2)cc1. The van der Waals surface area contributed by atoms with E-state index in [4.69, 9.17) is 9.47 Å². The molecule has 0 fully saturated rings. The molecule has 1 aromatic heterocycles. The lowest BCUT2D eigenvalue weighted by molar-refractivity contribution is -0.115. The maximum Gasteiger partial charge on any atom is 0.230 e. The molecule has 0 saturated heterocycles. The Balaban J connectivity index is 1.35. The van der Waals surface area contributed by atoms with Crippen LogP contribution in [-0.4, -0.2) is 38.8 Å². The van der Waals surface area contributed by atoms with Crippen LogP contribution in [0.3, 0.4) is 0 Å². The summed E-state index contributed by atoms with van der Waals surface area (Å²) in [6.45, 7) is 0.997. The second-order valence-electron chi connectivity index (χ2n) is 6.65. The second-order valence-corrected chi connectivity index (χ2v) is 9.52. The van der Waals surface area contributed by atoms with E-state index in [2.05, 4.69) is 15.6 Å². The molecular weight excluding hydrogens is 426 g/mol. The van der Waals surface area contributed by atoms with Gasteiger partial charge < -0.3 is 20.1 Å². The molecule has 10 heteroatoms. The molecule has 0 bridgehead atoms. The standard InChI is InChI=1S/C20H19N3O5S2/c1-30(25,26)16-5-2-13(3-6-16)22-20-23-15(12-29-20)11-19(24)21-14-4-7-17-18(10-14)28-9-8-27-17/h2-7,10,12H,8-9,11H2,1H3,(H,21,24)(H,22,23). The number of fused-ring (bicyclic) bond motifs is 1. The lowest BCUT2D eigenvalue weighted by Crippen LogP contribution is -2.17. The van der Waals surface area contributed by atoms with Crippen LogP contribution >= 0.6 is 11.3 Å². The van der Waals surface area contributed by atoms with E-state index in [1.54, 1.807) is 35.7 Å². The first-order valence-corrected chi connectivity index (χ1v) is 11.8. The van der Waals surface area contributed by atoms with Crippen molar-refractivity contribution in [2.75, 3.05) is 30.1 Å². The van der Waals surface area contributed by atoms with Crippen molar-refractivity contribution < 1.29 is 22.7 Å². The third kappa shape index (κ3) is 4.89. The minimum absolute atomic E-state index is 0.125. The summed E-state index contributed by atoms with van der Waals surface area (Å²) in [5.41, 5.74) is 1.97. The highest BCUT2D eigenvalue weighted by Crippen LogP contribution is 2.32. The van der Waals surface area contributed by atoms with Gasteiger partial charge in [-0.05, 0) is 36.4 Å². The zero-order valence-corrected chi connectivity index (χ0v) is 17.7. The highest BCUT2D eigenvalue weighted by molar-refractivity contribution is 7.90. The molecule has 0 radical (unpaired) electrons. The topological polar surface area (TPSA) is 107 Å². The van der Waals surface area contributed by atoms with E-state index in [0.717, 1.165) is 0 Å². The van der Waals surface area contributed by atoms with Gasteiger partial charge in [-0.1, -0.05) is 0 Å². The van der Waals surface area contributed by atoms with Crippen LogP contribution in [0.1, 0.15) is 5.69 Å². The van der Waals surface area contributed by atoms with Crippen LogP contribution in [0, 0.1) is 0 Å². The molecular formula is C20H19N3O5S2. The Kier molecular flexibility index (Phi) is 5.60. The number of amides is 1. The van der Waals surface area contributed by atoms with E-state index in [-0.39, 0.29) is 17.2 Å². The minimum Gasteiger partial charge on any atom is -0.486 e. The molecule has 8 nitrogen and oxygen atoms in total. The number of rotatable bonds is 6. The fourth-order valence-corrected chi connectivity index (χ4v) is 4.21. The van der Waals surface area contributed by atoms with Crippen molar-refractivity contribution in [3.05, 3.63) is 53.5 Å². The van der Waals surface area contributed by atoms with Crippen molar-refractivity contribution in [1.29, 1.82) is 0 Å². The molecule has 0 spiro atoms. The Hall–Kier alpha value is -3.11. The van der Waals surface area contributed by atoms with Gasteiger partial charge in [0, 0.05) is 29.1 Å². The molecule has 0 atom stereocenters. The van der Waals surface area contributed by atoms with E-state index in [0.29, 0.717) is 46.9 Å². The molecule has 2 heterocycles. The van der Waals surface area contributed by atoms with Crippen LogP contribution in [0.15, 0.2) is 52.7 Å². The normalized spacial score (nSPS) is 13.0. The number of hydrogen-bond donors (Lipinski definition) is 2. The molecule has 30 heavy (non-hydrogen) atoms. The van der Waals surface area contributed by atoms with Gasteiger partial charge in [0.1, 0.15) is 13.2 Å². The first-order valence-electron chi connectivity index (χ1n) is 9.08. The van der Waals surface area contributed by atoms with Gasteiger partial charge in [0.25, 0.3) is 0 Å². The number of carbonyl (C=O) groups is 1. The number of sulfone groups is 1. The molecule has 2 aromatic carbocycles. The summed E-state index contributed by atoms with van der Waals surface area (Å²) in [6.07, 6.45) is 1.29. The quantitative estimate of drug-likeness (QED) is 0.600. The number of aromatic nitrogens is 1. The Labute approximate surface area is 177 Å². The predicted octanol–water partition coefficient (Wildman–Crippen LogP) is 3.24. The Morgan fingerprint density at radius 2 is 1.77 bits per heavy atom. The molecule has 156 valence electrons. The summed E-state index contributed by atoms with van der Waals surface area (Å²) in [4.78, 5) is 17.0. The predicted molar refractivity (Wildman–Crippen MR) is 115 cm³/mol. The van der Waals surface area contributed by atoms with Crippen LogP contribution in [0.4, 0.5) is 16.5 Å². The molecule has 0 unspecified atom stereocenters. The summed E-state index contributed by atoms with van der Waals surface area (Å²) in [5.74, 6) is 1.08. The number of thiazole rings is 1. The number of nitrogens with zero attached hydrogens (tertiary/aromatic N) is 1. The van der Waals surface area contributed by atoms with Crippen LogP contribution < -0.4 is 20.1 Å². The number of anilines is 3. The van der Waals surface area contributed by atoms with Gasteiger partial charge >= 0.3 is 0 Å². The fourth-order valence-electron chi connectivity index (χ4n) is 2.85. The number of ether oxygens (including phenoxy) is 2. The maximum absolute atomic E-state index is 12.4. The fraction of sp³-hybridized carbons (Fsp3) is 0.200.